The molecule has 2 N–H and O–H groups in total. The normalized spacial score (nSPS) is 14.7. The van der Waals surface area contributed by atoms with Crippen LogP contribution in [0.1, 0.15) is 12.0 Å². The molecule has 0 bridgehead atoms. The minimum absolute atomic E-state index is 0.0392. The molecule has 0 saturated heterocycles. The van der Waals surface area contributed by atoms with Crippen LogP contribution < -0.4 is 5.32 Å². The van der Waals surface area contributed by atoms with Crippen LogP contribution >= 0.6 is 34.8 Å². The smallest absolute Gasteiger partial charge is 0.224 e. The zero-order valence-electron chi connectivity index (χ0n) is 7.40. The van der Waals surface area contributed by atoms with Gasteiger partial charge in [-0.05, 0) is 6.42 Å². The van der Waals surface area contributed by atoms with Gasteiger partial charge in [0.25, 0.3) is 0 Å². The van der Waals surface area contributed by atoms with Gasteiger partial charge in [-0.1, -0.05) is 34.8 Å². The number of phenolic OH excluding ortho intramolecular Hbond substituents is 1. The zero-order valence-corrected chi connectivity index (χ0v) is 9.67. The van der Waals surface area contributed by atoms with Crippen molar-refractivity contribution in [2.75, 3.05) is 5.32 Å². The van der Waals surface area contributed by atoms with Crippen molar-refractivity contribution in [1.29, 1.82) is 0 Å². The van der Waals surface area contributed by atoms with Gasteiger partial charge in [-0.15, -0.1) is 0 Å². The SMILES string of the molecule is O=C1CCc2c(Cl)c(O)c(Cl)c(Cl)c2N1. The number of carbonyl (C=O) groups is 1. The van der Waals surface area contributed by atoms with Crippen LogP contribution in [-0.2, 0) is 11.2 Å². The molecule has 6 heteroatoms. The highest BCUT2D eigenvalue weighted by atomic mass is 35.5. The van der Waals surface area contributed by atoms with Crippen LogP contribution in [0, 0.1) is 0 Å². The average Bonchev–Trinajstić information content (AvgIpc) is 2.23. The van der Waals surface area contributed by atoms with E-state index < -0.39 is 0 Å². The van der Waals surface area contributed by atoms with Crippen molar-refractivity contribution < 1.29 is 9.90 Å². The Morgan fingerprint density at radius 2 is 1.73 bits per heavy atom. The van der Waals surface area contributed by atoms with Gasteiger partial charge < -0.3 is 10.4 Å². The Labute approximate surface area is 101 Å². The summed E-state index contributed by atoms with van der Waals surface area (Å²) in [6.45, 7) is 0. The van der Waals surface area contributed by atoms with Gasteiger partial charge in [0.15, 0.2) is 5.75 Å². The number of carbonyl (C=O) groups excluding carboxylic acids is 1. The summed E-state index contributed by atoms with van der Waals surface area (Å²) in [5.74, 6) is -0.375. The fourth-order valence-corrected chi connectivity index (χ4v) is 2.27. The maximum atomic E-state index is 11.2. The lowest BCUT2D eigenvalue weighted by Gasteiger charge is -2.20. The summed E-state index contributed by atoms with van der Waals surface area (Å²) in [5.41, 5.74) is 1.03. The van der Waals surface area contributed by atoms with Gasteiger partial charge >= 0.3 is 0 Å². The second kappa shape index (κ2) is 3.74. The molecular weight excluding hydrogens is 260 g/mol. The third kappa shape index (κ3) is 1.65. The Bertz CT molecular complexity index is 459. The Kier molecular flexibility index (Phi) is 2.71. The lowest BCUT2D eigenvalue weighted by atomic mass is 10.0. The number of halogens is 3. The molecule has 0 spiro atoms. The summed E-state index contributed by atoms with van der Waals surface area (Å²) in [4.78, 5) is 11.2. The third-order valence-corrected chi connectivity index (χ3v) is 3.51. The molecule has 0 saturated carbocycles. The van der Waals surface area contributed by atoms with E-state index in [2.05, 4.69) is 5.32 Å². The summed E-state index contributed by atoms with van der Waals surface area (Å²) in [7, 11) is 0. The topological polar surface area (TPSA) is 49.3 Å². The van der Waals surface area contributed by atoms with E-state index in [-0.39, 0.29) is 26.7 Å². The highest BCUT2D eigenvalue weighted by molar-refractivity contribution is 6.47. The standard InChI is InChI=1S/C9H6Cl3NO2/c10-5-3-1-2-4(14)13-8(3)6(11)7(12)9(5)15/h15H,1-2H2,(H,13,14). The number of hydrogen-bond donors (Lipinski definition) is 2. The average molecular weight is 267 g/mol. The molecule has 0 atom stereocenters. The van der Waals surface area contributed by atoms with E-state index in [0.717, 1.165) is 0 Å². The van der Waals surface area contributed by atoms with E-state index in [0.29, 0.717) is 24.1 Å². The van der Waals surface area contributed by atoms with Gasteiger partial charge in [0, 0.05) is 12.0 Å². The highest BCUT2D eigenvalue weighted by Crippen LogP contribution is 2.47. The second-order valence-corrected chi connectivity index (χ2v) is 4.33. The summed E-state index contributed by atoms with van der Waals surface area (Å²) >= 11 is 17.5. The molecular formula is C9H6Cl3NO2. The van der Waals surface area contributed by atoms with Crippen LogP contribution in [0.4, 0.5) is 5.69 Å². The first-order valence-electron chi connectivity index (χ1n) is 4.20. The van der Waals surface area contributed by atoms with Crippen LogP contribution in [0.5, 0.6) is 5.75 Å². The van der Waals surface area contributed by atoms with Gasteiger partial charge in [-0.25, -0.2) is 0 Å². The molecule has 1 aliphatic rings. The van der Waals surface area contributed by atoms with Crippen LogP contribution in [-0.4, -0.2) is 11.0 Å². The van der Waals surface area contributed by atoms with E-state index in [1.807, 2.05) is 0 Å². The highest BCUT2D eigenvalue weighted by Gasteiger charge is 2.25. The third-order valence-electron chi connectivity index (χ3n) is 2.26. The lowest BCUT2D eigenvalue weighted by molar-refractivity contribution is -0.116. The molecule has 0 fully saturated rings. The second-order valence-electron chi connectivity index (χ2n) is 3.19. The van der Waals surface area contributed by atoms with Crippen molar-refractivity contribution in [2.24, 2.45) is 0 Å². The van der Waals surface area contributed by atoms with E-state index in [4.69, 9.17) is 34.8 Å². The van der Waals surface area contributed by atoms with Crippen molar-refractivity contribution in [3.05, 3.63) is 20.6 Å². The van der Waals surface area contributed by atoms with Gasteiger partial charge in [-0.2, -0.15) is 0 Å². The number of aromatic hydroxyl groups is 1. The molecule has 1 heterocycles. The summed E-state index contributed by atoms with van der Waals surface area (Å²) in [6, 6.07) is 0. The fraction of sp³-hybridized carbons (Fsp3) is 0.222. The summed E-state index contributed by atoms with van der Waals surface area (Å²) in [6.07, 6.45) is 0.772. The maximum absolute atomic E-state index is 11.2. The van der Waals surface area contributed by atoms with E-state index in [9.17, 15) is 9.90 Å². The molecule has 0 radical (unpaired) electrons. The van der Waals surface area contributed by atoms with Crippen molar-refractivity contribution in [1.82, 2.24) is 0 Å². The van der Waals surface area contributed by atoms with Crippen LogP contribution in [0.3, 0.4) is 0 Å². The fourth-order valence-electron chi connectivity index (χ4n) is 1.50. The van der Waals surface area contributed by atoms with Gasteiger partial charge in [-0.3, -0.25) is 4.79 Å². The van der Waals surface area contributed by atoms with Gasteiger partial charge in [0.1, 0.15) is 5.02 Å². The predicted octanol–water partition coefficient (Wildman–Crippen LogP) is 3.24. The minimum atomic E-state index is -0.238. The Morgan fingerprint density at radius 1 is 1.07 bits per heavy atom. The molecule has 2 rings (SSSR count). The van der Waals surface area contributed by atoms with E-state index >= 15 is 0 Å². The first-order valence-corrected chi connectivity index (χ1v) is 5.34. The summed E-state index contributed by atoms with van der Waals surface area (Å²) < 4.78 is 0. The van der Waals surface area contributed by atoms with Crippen LogP contribution in [0.2, 0.25) is 15.1 Å². The Morgan fingerprint density at radius 3 is 2.40 bits per heavy atom. The number of rotatable bonds is 0. The monoisotopic (exact) mass is 265 g/mol. The van der Waals surface area contributed by atoms with Crippen LogP contribution in [0.15, 0.2) is 0 Å². The molecule has 15 heavy (non-hydrogen) atoms. The van der Waals surface area contributed by atoms with E-state index in [1.54, 1.807) is 0 Å². The predicted molar refractivity (Wildman–Crippen MR) is 60.1 cm³/mol. The number of benzene rings is 1. The largest absolute Gasteiger partial charge is 0.505 e. The summed E-state index contributed by atoms with van der Waals surface area (Å²) in [5, 5.41) is 12.4. The molecule has 1 aromatic rings. The quantitative estimate of drug-likeness (QED) is 0.559. The number of hydrogen-bond acceptors (Lipinski definition) is 2. The number of nitrogens with one attached hydrogen (secondary N) is 1. The van der Waals surface area contributed by atoms with Crippen molar-refractivity contribution in [2.45, 2.75) is 12.8 Å². The number of amides is 1. The van der Waals surface area contributed by atoms with E-state index in [1.165, 1.54) is 0 Å². The Balaban J connectivity index is 2.70. The molecule has 3 nitrogen and oxygen atoms in total. The zero-order chi connectivity index (χ0) is 11.2. The number of fused-ring (bicyclic) bond motifs is 1. The van der Waals surface area contributed by atoms with Crippen molar-refractivity contribution in [3.8, 4) is 5.75 Å². The molecule has 0 unspecified atom stereocenters. The molecule has 1 aromatic carbocycles. The number of anilines is 1. The van der Waals surface area contributed by atoms with Crippen molar-refractivity contribution >= 4 is 46.4 Å². The first kappa shape index (κ1) is 10.9. The van der Waals surface area contributed by atoms with Crippen LogP contribution in [0.25, 0.3) is 0 Å². The lowest BCUT2D eigenvalue weighted by Crippen LogP contribution is -2.19. The molecule has 0 aromatic heterocycles. The van der Waals surface area contributed by atoms with Crippen molar-refractivity contribution in [3.63, 3.8) is 0 Å². The van der Waals surface area contributed by atoms with Gasteiger partial charge in [0.2, 0.25) is 5.91 Å². The maximum Gasteiger partial charge on any atom is 0.224 e. The Hall–Kier alpha value is -0.640. The van der Waals surface area contributed by atoms with Gasteiger partial charge in [0.05, 0.1) is 15.7 Å². The number of phenols is 1. The first-order chi connectivity index (χ1) is 7.02. The molecule has 1 aliphatic heterocycles. The molecule has 0 aliphatic carbocycles. The molecule has 80 valence electrons. The molecule has 1 amide bonds. The minimum Gasteiger partial charge on any atom is -0.505 e.